The Bertz CT molecular complexity index is 1330. The third-order valence-corrected chi connectivity index (χ3v) is 9.29. The molecule has 0 saturated heterocycles. The third kappa shape index (κ3) is 6.26. The zero-order valence-corrected chi connectivity index (χ0v) is 23.5. The molecule has 0 bridgehead atoms. The number of aliphatic imine (C=N–C) groups is 1. The summed E-state index contributed by atoms with van der Waals surface area (Å²) in [6, 6.07) is 2.92. The molecule has 1 atom stereocenters. The van der Waals surface area contributed by atoms with Gasteiger partial charge in [-0.2, -0.15) is 4.31 Å². The molecule has 9 nitrogen and oxygen atoms in total. The molecule has 2 aromatic rings. The van der Waals surface area contributed by atoms with Crippen LogP contribution in [0.25, 0.3) is 0 Å². The van der Waals surface area contributed by atoms with E-state index in [0.29, 0.717) is 54.2 Å². The third-order valence-electron chi connectivity index (χ3n) is 6.85. The van der Waals surface area contributed by atoms with Crippen molar-refractivity contribution in [3.8, 4) is 0 Å². The number of benzene rings is 1. The van der Waals surface area contributed by atoms with E-state index in [1.165, 1.54) is 47.2 Å². The summed E-state index contributed by atoms with van der Waals surface area (Å²) >= 11 is 7.80. The van der Waals surface area contributed by atoms with Crippen LogP contribution < -0.4 is 5.32 Å². The molecule has 13 heteroatoms. The molecular weight excluding hydrogens is 555 g/mol. The Morgan fingerprint density at radius 3 is 2.63 bits per heavy atom. The number of hydrogen-bond acceptors (Lipinski definition) is 9. The molecule has 2 heterocycles. The van der Waals surface area contributed by atoms with Gasteiger partial charge in [0.05, 0.1) is 18.9 Å². The minimum Gasteiger partial charge on any atom is -0.466 e. The van der Waals surface area contributed by atoms with Crippen molar-refractivity contribution in [2.24, 2.45) is 10.9 Å². The Labute approximate surface area is 230 Å². The van der Waals surface area contributed by atoms with E-state index < -0.39 is 27.9 Å². The topological polar surface area (TPSA) is 121 Å². The number of methoxy groups -OCH3 is 1. The predicted molar refractivity (Wildman–Crippen MR) is 144 cm³/mol. The summed E-state index contributed by atoms with van der Waals surface area (Å²) in [5, 5.41) is 15.1. The first-order chi connectivity index (χ1) is 18.1. The van der Waals surface area contributed by atoms with Crippen molar-refractivity contribution in [3.63, 3.8) is 0 Å². The molecule has 1 fully saturated rings. The number of aliphatic hydroxyl groups is 1. The smallest absolute Gasteiger partial charge is 0.338 e. The van der Waals surface area contributed by atoms with E-state index >= 15 is 0 Å². The molecule has 1 aliphatic carbocycles. The fourth-order valence-corrected chi connectivity index (χ4v) is 7.19. The van der Waals surface area contributed by atoms with E-state index in [4.69, 9.17) is 21.3 Å². The molecule has 1 unspecified atom stereocenters. The molecule has 38 heavy (non-hydrogen) atoms. The van der Waals surface area contributed by atoms with Gasteiger partial charge in [0.15, 0.2) is 10.8 Å². The van der Waals surface area contributed by atoms with Crippen LogP contribution in [0.2, 0.25) is 5.02 Å². The Morgan fingerprint density at radius 2 is 2.05 bits per heavy atom. The number of aliphatic hydroxyl groups excluding tert-OH is 1. The molecule has 0 amide bonds. The molecule has 206 valence electrons. The van der Waals surface area contributed by atoms with Crippen LogP contribution in [-0.2, 0) is 19.6 Å². The highest BCUT2D eigenvalue weighted by molar-refractivity contribution is 7.88. The first-order valence-electron chi connectivity index (χ1n) is 12.2. The summed E-state index contributed by atoms with van der Waals surface area (Å²) in [4.78, 5) is 22.3. The monoisotopic (exact) mass is 584 g/mol. The van der Waals surface area contributed by atoms with E-state index in [1.807, 2.05) is 5.38 Å². The van der Waals surface area contributed by atoms with Gasteiger partial charge in [0.25, 0.3) is 0 Å². The van der Waals surface area contributed by atoms with Crippen molar-refractivity contribution >= 4 is 44.8 Å². The quantitative estimate of drug-likeness (QED) is 0.431. The Balaban J connectivity index is 1.72. The highest BCUT2D eigenvalue weighted by atomic mass is 35.5. The van der Waals surface area contributed by atoms with Crippen LogP contribution in [0.5, 0.6) is 0 Å². The minimum absolute atomic E-state index is 0.0904. The first kappa shape index (κ1) is 28.6. The lowest BCUT2D eigenvalue weighted by Crippen LogP contribution is -2.44. The molecule has 1 aromatic heterocycles. The summed E-state index contributed by atoms with van der Waals surface area (Å²) in [6.45, 7) is 0.165. The zero-order chi connectivity index (χ0) is 27.4. The normalized spacial score (nSPS) is 22.3. The minimum atomic E-state index is -3.45. The van der Waals surface area contributed by atoms with Crippen LogP contribution >= 0.6 is 22.9 Å². The number of carbonyl (C=O) groups is 1. The Kier molecular flexibility index (Phi) is 9.19. The van der Waals surface area contributed by atoms with E-state index in [0.717, 1.165) is 0 Å². The number of nitrogens with zero attached hydrogens (tertiary/aromatic N) is 3. The molecule has 1 saturated carbocycles. The Hall–Kier alpha value is -2.38. The number of halogens is 2. The summed E-state index contributed by atoms with van der Waals surface area (Å²) in [7, 11) is -2.16. The Morgan fingerprint density at radius 1 is 1.32 bits per heavy atom. The van der Waals surface area contributed by atoms with Crippen LogP contribution in [0.1, 0.15) is 48.7 Å². The standard InChI is InChI=1S/C25H30ClFN4O5S2/c1-36-25(33)20-21(15-4-7-17(8-5-15)31(11-3-12-32)38(2,34)35)29-23(24-28-10-13-37-24)30-22(20)18-9-6-16(27)14-19(18)26/h6,9-10,13-15,17,22,32H,3-5,7-8,11-12H2,1-2H3,(H,29,30)/t15-,17-,22?. The number of aromatic nitrogens is 1. The van der Waals surface area contributed by atoms with Gasteiger partial charge in [0.2, 0.25) is 10.0 Å². The summed E-state index contributed by atoms with van der Waals surface area (Å²) < 4.78 is 45.3. The second kappa shape index (κ2) is 12.2. The van der Waals surface area contributed by atoms with E-state index in [9.17, 15) is 22.7 Å². The molecule has 0 spiro atoms. The number of carbonyl (C=O) groups excluding carboxylic acids is 1. The van der Waals surface area contributed by atoms with Crippen molar-refractivity contribution < 1.29 is 27.4 Å². The van der Waals surface area contributed by atoms with Crippen LogP contribution in [0.4, 0.5) is 4.39 Å². The van der Waals surface area contributed by atoms with Crippen LogP contribution in [-0.4, -0.2) is 67.2 Å². The molecule has 0 radical (unpaired) electrons. The SMILES string of the molecule is COC(=O)C1=C([C@H]2CC[C@H](N(CCCO)S(C)(=O)=O)CC2)NC(c2nccs2)=NC1c1ccc(F)cc1Cl. The first-order valence-corrected chi connectivity index (χ1v) is 15.3. The number of thiazole rings is 1. The number of ether oxygens (including phenoxy) is 1. The molecule has 2 aliphatic rings. The number of nitrogens with one attached hydrogen (secondary N) is 1. The molecule has 4 rings (SSSR count). The number of allylic oxidation sites excluding steroid dienone is 1. The van der Waals surface area contributed by atoms with Crippen molar-refractivity contribution in [2.45, 2.75) is 44.2 Å². The second-order valence-corrected chi connectivity index (χ2v) is 12.5. The summed E-state index contributed by atoms with van der Waals surface area (Å²) in [5.41, 5.74) is 1.37. The maximum atomic E-state index is 13.9. The number of amidine groups is 1. The van der Waals surface area contributed by atoms with E-state index in [2.05, 4.69) is 10.3 Å². The highest BCUT2D eigenvalue weighted by Gasteiger charge is 2.39. The van der Waals surface area contributed by atoms with Crippen molar-refractivity contribution in [1.29, 1.82) is 0 Å². The highest BCUT2D eigenvalue weighted by Crippen LogP contribution is 2.41. The van der Waals surface area contributed by atoms with Gasteiger partial charge in [-0.25, -0.2) is 22.6 Å². The van der Waals surface area contributed by atoms with Gasteiger partial charge in [0, 0.05) is 47.1 Å². The van der Waals surface area contributed by atoms with Crippen molar-refractivity contribution in [1.82, 2.24) is 14.6 Å². The molecule has 1 aliphatic heterocycles. The number of esters is 1. The van der Waals surface area contributed by atoms with E-state index in [1.54, 1.807) is 6.20 Å². The maximum Gasteiger partial charge on any atom is 0.338 e. The average Bonchev–Trinajstić information content (AvgIpc) is 3.43. The lowest BCUT2D eigenvalue weighted by molar-refractivity contribution is -0.136. The summed E-state index contributed by atoms with van der Waals surface area (Å²) in [6.07, 6.45) is 5.57. The van der Waals surface area contributed by atoms with Gasteiger partial charge in [0.1, 0.15) is 11.9 Å². The van der Waals surface area contributed by atoms with Crippen LogP contribution in [0.15, 0.2) is 46.0 Å². The number of hydrogen-bond donors (Lipinski definition) is 2. The van der Waals surface area contributed by atoms with Gasteiger partial charge in [-0.3, -0.25) is 4.99 Å². The second-order valence-electron chi connectivity index (χ2n) is 9.28. The average molecular weight is 585 g/mol. The van der Waals surface area contributed by atoms with Crippen LogP contribution in [0.3, 0.4) is 0 Å². The fourth-order valence-electron chi connectivity index (χ4n) is 5.12. The summed E-state index contributed by atoms with van der Waals surface area (Å²) in [5.74, 6) is -0.735. The number of rotatable bonds is 9. The number of sulfonamides is 1. The fraction of sp³-hybridized carbons (Fsp3) is 0.480. The predicted octanol–water partition coefficient (Wildman–Crippen LogP) is 3.66. The van der Waals surface area contributed by atoms with Gasteiger partial charge in [-0.1, -0.05) is 17.7 Å². The van der Waals surface area contributed by atoms with Gasteiger partial charge in [-0.15, -0.1) is 11.3 Å². The molecular formula is C25H30ClFN4O5S2. The molecule has 1 aromatic carbocycles. The maximum absolute atomic E-state index is 13.9. The lowest BCUT2D eigenvalue weighted by Gasteiger charge is -2.38. The zero-order valence-electron chi connectivity index (χ0n) is 21.1. The van der Waals surface area contributed by atoms with Gasteiger partial charge < -0.3 is 15.2 Å². The van der Waals surface area contributed by atoms with Gasteiger partial charge in [-0.05, 0) is 50.2 Å². The van der Waals surface area contributed by atoms with E-state index in [-0.39, 0.29) is 35.7 Å². The molecule has 2 N–H and O–H groups in total. The van der Waals surface area contributed by atoms with Crippen molar-refractivity contribution in [3.05, 3.63) is 62.5 Å². The van der Waals surface area contributed by atoms with Crippen molar-refractivity contribution in [2.75, 3.05) is 26.5 Å². The largest absolute Gasteiger partial charge is 0.466 e. The lowest BCUT2D eigenvalue weighted by atomic mass is 9.80. The van der Waals surface area contributed by atoms with Crippen LogP contribution in [0, 0.1) is 11.7 Å². The van der Waals surface area contributed by atoms with Gasteiger partial charge >= 0.3 is 5.97 Å².